The van der Waals surface area contributed by atoms with E-state index in [4.69, 9.17) is 42.1 Å². The summed E-state index contributed by atoms with van der Waals surface area (Å²) in [4.78, 5) is 55.7. The molecule has 4 heterocycles. The van der Waals surface area contributed by atoms with Crippen molar-refractivity contribution in [1.29, 1.82) is 0 Å². The van der Waals surface area contributed by atoms with Crippen LogP contribution in [0.2, 0.25) is 10.0 Å². The lowest BCUT2D eigenvalue weighted by molar-refractivity contribution is -0.145. The Balaban J connectivity index is 0.990. The second kappa shape index (κ2) is 18.0. The van der Waals surface area contributed by atoms with E-state index in [1.807, 2.05) is 86.6 Å². The molecular formula is C47H41Cl2N5O7. The highest BCUT2D eigenvalue weighted by molar-refractivity contribution is 6.42. The molecule has 6 aromatic rings. The van der Waals surface area contributed by atoms with Crippen LogP contribution >= 0.6 is 23.2 Å². The van der Waals surface area contributed by atoms with Gasteiger partial charge in [-0.15, -0.1) is 0 Å². The fourth-order valence-electron chi connectivity index (χ4n) is 7.51. The Labute approximate surface area is 362 Å². The third kappa shape index (κ3) is 9.15. The number of aromatic nitrogens is 3. The third-order valence-electron chi connectivity index (χ3n) is 11.0. The summed E-state index contributed by atoms with van der Waals surface area (Å²) in [5.41, 5.74) is 8.36. The van der Waals surface area contributed by atoms with Crippen molar-refractivity contribution in [3.8, 4) is 28.4 Å². The number of hydrogen-bond donors (Lipinski definition) is 1. The highest BCUT2D eigenvalue weighted by Crippen LogP contribution is 2.41. The summed E-state index contributed by atoms with van der Waals surface area (Å²) in [6.07, 6.45) is 5.93. The average molecular weight is 859 g/mol. The number of aryl methyl sites for hydroxylation is 1. The maximum absolute atomic E-state index is 14.3. The van der Waals surface area contributed by atoms with Gasteiger partial charge in [-0.3, -0.25) is 19.6 Å². The lowest BCUT2D eigenvalue weighted by Gasteiger charge is -2.37. The predicted molar refractivity (Wildman–Crippen MR) is 229 cm³/mol. The van der Waals surface area contributed by atoms with Gasteiger partial charge in [-0.25, -0.2) is 9.78 Å². The summed E-state index contributed by atoms with van der Waals surface area (Å²) in [5.74, 6) is 0.0945. The molecule has 1 N–H and O–H groups in total. The zero-order chi connectivity index (χ0) is 42.6. The van der Waals surface area contributed by atoms with E-state index < -0.39 is 36.0 Å². The minimum Gasteiger partial charge on any atom is -0.489 e. The van der Waals surface area contributed by atoms with Crippen molar-refractivity contribution >= 4 is 41.0 Å². The van der Waals surface area contributed by atoms with Crippen molar-refractivity contribution in [2.45, 2.75) is 58.0 Å². The summed E-state index contributed by atoms with van der Waals surface area (Å²) in [7, 11) is 1.28. The van der Waals surface area contributed by atoms with Crippen LogP contribution in [0.5, 0.6) is 17.2 Å². The number of pyridine rings is 1. The number of halogens is 2. The molecule has 2 aliphatic heterocycles. The Kier molecular flexibility index (Phi) is 12.2. The zero-order valence-electron chi connectivity index (χ0n) is 33.6. The van der Waals surface area contributed by atoms with E-state index in [1.54, 1.807) is 18.3 Å². The predicted octanol–water partition coefficient (Wildman–Crippen LogP) is 8.02. The van der Waals surface area contributed by atoms with Crippen LogP contribution in [0.15, 0.2) is 110 Å². The standard InChI is InChI=1S/C47H41Cl2N5O7/c1-27-28(2)51-15-14-36(27)31-7-4-29(5-8-31)19-39(47(57)58-3)53-45(55)41-20-33-21-42-43(22-34(33)24-54(41)46(56)40-23-50-16-17-52-40)61-44(26-60-42)32-9-11-35(12-10-32)59-25-30-6-13-37(48)38(49)18-30/h4-18,21-23,39,41,44H,19-20,24-26H2,1-3H3,(H,53,55)/t39?,41-,44+/m0/s1. The Bertz CT molecular complexity index is 2590. The number of fused-ring (bicyclic) bond motifs is 2. The quantitative estimate of drug-likeness (QED) is 0.127. The number of carbonyl (C=O) groups is 3. The topological polar surface area (TPSA) is 142 Å². The van der Waals surface area contributed by atoms with Gasteiger partial charge in [0.1, 0.15) is 36.7 Å². The Morgan fingerprint density at radius 3 is 2.38 bits per heavy atom. The van der Waals surface area contributed by atoms with Gasteiger partial charge in [-0.1, -0.05) is 65.7 Å². The molecule has 310 valence electrons. The molecule has 61 heavy (non-hydrogen) atoms. The van der Waals surface area contributed by atoms with Crippen molar-refractivity contribution in [3.63, 3.8) is 0 Å². The SMILES string of the molecule is COC(=O)C(Cc1ccc(-c2ccnc(C)c2C)cc1)NC(=O)[C@@H]1Cc2cc3c(cc2CN1C(=O)c1cnccn1)O[C@@H](c1ccc(OCc2ccc(Cl)c(Cl)c2)cc1)CO3. The number of methoxy groups -OCH3 is 1. The summed E-state index contributed by atoms with van der Waals surface area (Å²) in [6.45, 7) is 4.64. The first-order chi connectivity index (χ1) is 29.5. The van der Waals surface area contributed by atoms with Crippen molar-refractivity contribution in [2.75, 3.05) is 13.7 Å². The molecule has 0 saturated heterocycles. The van der Waals surface area contributed by atoms with Gasteiger partial charge in [0.15, 0.2) is 17.6 Å². The van der Waals surface area contributed by atoms with Crippen LogP contribution in [0.4, 0.5) is 0 Å². The lowest BCUT2D eigenvalue weighted by Crippen LogP contribution is -2.56. The molecule has 2 amide bonds. The molecule has 4 aromatic carbocycles. The number of esters is 1. The Hall–Kier alpha value is -6.50. The minimum atomic E-state index is -1.02. The number of nitrogens with one attached hydrogen (secondary N) is 1. The van der Waals surface area contributed by atoms with Crippen molar-refractivity contribution in [3.05, 3.63) is 165 Å². The maximum Gasteiger partial charge on any atom is 0.328 e. The first kappa shape index (κ1) is 41.2. The molecule has 12 nitrogen and oxygen atoms in total. The molecule has 0 fully saturated rings. The zero-order valence-corrected chi connectivity index (χ0v) is 35.1. The van der Waals surface area contributed by atoms with Gasteiger partial charge in [0.25, 0.3) is 5.91 Å². The summed E-state index contributed by atoms with van der Waals surface area (Å²) < 4.78 is 23.8. The Morgan fingerprint density at radius 1 is 0.869 bits per heavy atom. The molecule has 2 aliphatic rings. The largest absolute Gasteiger partial charge is 0.489 e. The number of nitrogens with zero attached hydrogens (tertiary/aromatic N) is 4. The van der Waals surface area contributed by atoms with Gasteiger partial charge in [0.05, 0.1) is 23.4 Å². The molecule has 0 bridgehead atoms. The molecule has 0 aliphatic carbocycles. The third-order valence-corrected chi connectivity index (χ3v) is 11.7. The Morgan fingerprint density at radius 2 is 1.64 bits per heavy atom. The molecule has 14 heteroatoms. The number of carbonyl (C=O) groups excluding carboxylic acids is 3. The van der Waals surface area contributed by atoms with Crippen molar-refractivity contribution in [2.24, 2.45) is 0 Å². The normalized spacial score (nSPS) is 15.9. The number of amides is 2. The lowest BCUT2D eigenvalue weighted by atomic mass is 9.91. The van der Waals surface area contributed by atoms with Crippen LogP contribution in [0.3, 0.4) is 0 Å². The van der Waals surface area contributed by atoms with Gasteiger partial charge in [-0.05, 0) is 101 Å². The first-order valence-electron chi connectivity index (χ1n) is 19.6. The molecule has 8 rings (SSSR count). The van der Waals surface area contributed by atoms with E-state index in [2.05, 4.69) is 20.3 Å². The smallest absolute Gasteiger partial charge is 0.328 e. The van der Waals surface area contributed by atoms with Gasteiger partial charge in [-0.2, -0.15) is 0 Å². The van der Waals surface area contributed by atoms with E-state index in [0.717, 1.165) is 50.2 Å². The molecule has 1 unspecified atom stereocenters. The fraction of sp³-hybridized carbons (Fsp3) is 0.234. The monoisotopic (exact) mass is 857 g/mol. The van der Waals surface area contributed by atoms with Crippen molar-refractivity contribution < 1.29 is 33.3 Å². The van der Waals surface area contributed by atoms with E-state index in [9.17, 15) is 14.4 Å². The van der Waals surface area contributed by atoms with Crippen molar-refractivity contribution in [1.82, 2.24) is 25.2 Å². The van der Waals surface area contributed by atoms with Crippen LogP contribution in [-0.4, -0.2) is 63.4 Å². The molecule has 2 aromatic heterocycles. The number of rotatable bonds is 11. The number of benzene rings is 4. The minimum absolute atomic E-state index is 0.0627. The first-order valence-corrected chi connectivity index (χ1v) is 20.4. The highest BCUT2D eigenvalue weighted by atomic mass is 35.5. The molecule has 3 atom stereocenters. The highest BCUT2D eigenvalue weighted by Gasteiger charge is 2.39. The second-order valence-electron chi connectivity index (χ2n) is 14.9. The average Bonchev–Trinajstić information content (AvgIpc) is 3.29. The molecule has 0 saturated carbocycles. The summed E-state index contributed by atoms with van der Waals surface area (Å²) in [6, 6.07) is 24.4. The van der Waals surface area contributed by atoms with Gasteiger partial charge < -0.3 is 29.2 Å². The summed E-state index contributed by atoms with van der Waals surface area (Å²) in [5, 5.41) is 3.85. The second-order valence-corrected chi connectivity index (χ2v) is 15.7. The maximum atomic E-state index is 14.3. The van der Waals surface area contributed by atoms with E-state index >= 15 is 0 Å². The van der Waals surface area contributed by atoms with E-state index in [0.29, 0.717) is 33.9 Å². The van der Waals surface area contributed by atoms with Crippen LogP contribution in [0.25, 0.3) is 11.1 Å². The van der Waals surface area contributed by atoms with E-state index in [-0.39, 0.29) is 31.7 Å². The summed E-state index contributed by atoms with van der Waals surface area (Å²) >= 11 is 12.2. The molecular weight excluding hydrogens is 817 g/mol. The fourth-order valence-corrected chi connectivity index (χ4v) is 7.83. The van der Waals surface area contributed by atoms with Crippen LogP contribution in [0.1, 0.15) is 55.7 Å². The number of ether oxygens (including phenoxy) is 4. The van der Waals surface area contributed by atoms with Gasteiger partial charge in [0.2, 0.25) is 5.91 Å². The van der Waals surface area contributed by atoms with Gasteiger partial charge in [0, 0.05) is 43.7 Å². The molecule has 0 spiro atoms. The molecule has 0 radical (unpaired) electrons. The van der Waals surface area contributed by atoms with E-state index in [1.165, 1.54) is 30.6 Å². The van der Waals surface area contributed by atoms with Crippen LogP contribution in [0, 0.1) is 13.8 Å². The van der Waals surface area contributed by atoms with Crippen LogP contribution < -0.4 is 19.5 Å². The van der Waals surface area contributed by atoms with Crippen LogP contribution in [-0.2, 0) is 40.3 Å². The number of hydrogen-bond acceptors (Lipinski definition) is 10. The van der Waals surface area contributed by atoms with Gasteiger partial charge >= 0.3 is 5.97 Å².